The van der Waals surface area contributed by atoms with E-state index >= 15 is 0 Å². The number of hydrogen-bond acceptors (Lipinski definition) is 3. The molecule has 21 heavy (non-hydrogen) atoms. The molecule has 3 nitrogen and oxygen atoms in total. The van der Waals surface area contributed by atoms with E-state index in [1.54, 1.807) is 19.2 Å². The number of rotatable bonds is 4. The molecule has 0 saturated heterocycles. The fourth-order valence-electron chi connectivity index (χ4n) is 2.46. The fraction of sp³-hybridized carbons (Fsp3) is 0.111. The summed E-state index contributed by atoms with van der Waals surface area (Å²) in [5, 5.41) is 15.1. The fourth-order valence-corrected chi connectivity index (χ4v) is 2.46. The van der Waals surface area contributed by atoms with Crippen LogP contribution < -0.4 is 10.1 Å². The first kappa shape index (κ1) is 13.3. The number of aromatic hydroxyl groups is 1. The van der Waals surface area contributed by atoms with Gasteiger partial charge in [-0.15, -0.1) is 0 Å². The standard InChI is InChI=1S/C18H17NO2/c1-21-18-11-6-13-4-2-3-5-16(13)17(18)12-19-14-7-9-15(20)10-8-14/h2-11,19-20H,12H2,1H3. The summed E-state index contributed by atoms with van der Waals surface area (Å²) < 4.78 is 5.48. The topological polar surface area (TPSA) is 41.5 Å². The Labute approximate surface area is 123 Å². The lowest BCUT2D eigenvalue weighted by molar-refractivity contribution is 0.411. The maximum Gasteiger partial charge on any atom is 0.124 e. The summed E-state index contributed by atoms with van der Waals surface area (Å²) >= 11 is 0. The smallest absolute Gasteiger partial charge is 0.124 e. The van der Waals surface area contributed by atoms with Crippen molar-refractivity contribution in [1.82, 2.24) is 0 Å². The van der Waals surface area contributed by atoms with Crippen LogP contribution in [0.4, 0.5) is 5.69 Å². The van der Waals surface area contributed by atoms with Crippen molar-refractivity contribution in [2.24, 2.45) is 0 Å². The third kappa shape index (κ3) is 2.77. The number of benzene rings is 3. The molecule has 0 spiro atoms. The SMILES string of the molecule is COc1ccc2ccccc2c1CNc1ccc(O)cc1. The van der Waals surface area contributed by atoms with Gasteiger partial charge in [0.25, 0.3) is 0 Å². The van der Waals surface area contributed by atoms with E-state index < -0.39 is 0 Å². The Bertz CT molecular complexity index is 751. The van der Waals surface area contributed by atoms with E-state index in [0.29, 0.717) is 6.54 Å². The zero-order chi connectivity index (χ0) is 14.7. The van der Waals surface area contributed by atoms with Crippen LogP contribution in [0.3, 0.4) is 0 Å². The minimum absolute atomic E-state index is 0.267. The van der Waals surface area contributed by atoms with E-state index in [2.05, 4.69) is 23.5 Å². The molecule has 0 aliphatic heterocycles. The molecule has 0 aliphatic carbocycles. The van der Waals surface area contributed by atoms with Crippen LogP contribution in [0.15, 0.2) is 60.7 Å². The number of hydrogen-bond donors (Lipinski definition) is 2. The Kier molecular flexibility index (Phi) is 3.65. The van der Waals surface area contributed by atoms with Crippen molar-refractivity contribution in [3.63, 3.8) is 0 Å². The molecule has 0 saturated carbocycles. The highest BCUT2D eigenvalue weighted by Gasteiger charge is 2.07. The summed E-state index contributed by atoms with van der Waals surface area (Å²) in [7, 11) is 1.69. The Hall–Kier alpha value is -2.68. The molecule has 0 unspecified atom stereocenters. The summed E-state index contributed by atoms with van der Waals surface area (Å²) in [5.41, 5.74) is 2.09. The summed E-state index contributed by atoms with van der Waals surface area (Å²) in [4.78, 5) is 0. The predicted octanol–water partition coefficient (Wildman–Crippen LogP) is 4.17. The van der Waals surface area contributed by atoms with Gasteiger partial charge >= 0.3 is 0 Å². The van der Waals surface area contributed by atoms with Gasteiger partial charge in [0.1, 0.15) is 11.5 Å². The first-order valence-corrected chi connectivity index (χ1v) is 6.85. The number of nitrogens with one attached hydrogen (secondary N) is 1. The molecule has 3 rings (SSSR count). The van der Waals surface area contributed by atoms with Crippen LogP contribution in [-0.2, 0) is 6.54 Å². The lowest BCUT2D eigenvalue weighted by atomic mass is 10.0. The van der Waals surface area contributed by atoms with Crippen molar-refractivity contribution in [1.29, 1.82) is 0 Å². The quantitative estimate of drug-likeness (QED) is 0.704. The lowest BCUT2D eigenvalue weighted by Crippen LogP contribution is -2.02. The van der Waals surface area contributed by atoms with Gasteiger partial charge in [-0.25, -0.2) is 0 Å². The van der Waals surface area contributed by atoms with Crippen molar-refractivity contribution in [2.75, 3.05) is 12.4 Å². The molecule has 3 heteroatoms. The van der Waals surface area contributed by atoms with Crippen molar-refractivity contribution in [3.05, 3.63) is 66.2 Å². The highest BCUT2D eigenvalue weighted by Crippen LogP contribution is 2.28. The van der Waals surface area contributed by atoms with Crippen molar-refractivity contribution >= 4 is 16.5 Å². The van der Waals surface area contributed by atoms with Gasteiger partial charge in [-0.3, -0.25) is 0 Å². The van der Waals surface area contributed by atoms with Crippen LogP contribution >= 0.6 is 0 Å². The minimum atomic E-state index is 0.267. The van der Waals surface area contributed by atoms with E-state index in [-0.39, 0.29) is 5.75 Å². The second kappa shape index (κ2) is 5.75. The van der Waals surface area contributed by atoms with E-state index in [4.69, 9.17) is 4.74 Å². The van der Waals surface area contributed by atoms with Crippen LogP contribution in [0, 0.1) is 0 Å². The second-order valence-electron chi connectivity index (χ2n) is 4.87. The molecule has 0 bridgehead atoms. The molecule has 3 aromatic rings. The van der Waals surface area contributed by atoms with Gasteiger partial charge in [0, 0.05) is 17.8 Å². The lowest BCUT2D eigenvalue weighted by Gasteiger charge is -2.13. The number of ether oxygens (including phenoxy) is 1. The Morgan fingerprint density at radius 2 is 1.71 bits per heavy atom. The van der Waals surface area contributed by atoms with Crippen LogP contribution in [0.25, 0.3) is 10.8 Å². The molecule has 106 valence electrons. The van der Waals surface area contributed by atoms with Gasteiger partial charge in [-0.05, 0) is 41.1 Å². The Morgan fingerprint density at radius 1 is 0.952 bits per heavy atom. The molecule has 2 N–H and O–H groups in total. The largest absolute Gasteiger partial charge is 0.508 e. The van der Waals surface area contributed by atoms with Gasteiger partial charge in [0.15, 0.2) is 0 Å². The third-order valence-electron chi connectivity index (χ3n) is 3.55. The van der Waals surface area contributed by atoms with Crippen molar-refractivity contribution in [3.8, 4) is 11.5 Å². The van der Waals surface area contributed by atoms with Gasteiger partial charge in [-0.2, -0.15) is 0 Å². The highest BCUT2D eigenvalue weighted by atomic mass is 16.5. The van der Waals surface area contributed by atoms with Gasteiger partial charge < -0.3 is 15.2 Å². The molecule has 0 radical (unpaired) electrons. The number of fused-ring (bicyclic) bond motifs is 1. The zero-order valence-corrected chi connectivity index (χ0v) is 11.8. The highest BCUT2D eigenvalue weighted by molar-refractivity contribution is 5.88. The van der Waals surface area contributed by atoms with Gasteiger partial charge in [-0.1, -0.05) is 30.3 Å². The van der Waals surface area contributed by atoms with E-state index in [1.807, 2.05) is 30.3 Å². The van der Waals surface area contributed by atoms with Crippen LogP contribution in [0.1, 0.15) is 5.56 Å². The summed E-state index contributed by atoms with van der Waals surface area (Å²) in [5.74, 6) is 1.14. The van der Waals surface area contributed by atoms with E-state index in [9.17, 15) is 5.11 Å². The second-order valence-corrected chi connectivity index (χ2v) is 4.87. The first-order valence-electron chi connectivity index (χ1n) is 6.85. The summed E-state index contributed by atoms with van der Waals surface area (Å²) in [6, 6.07) is 19.4. The van der Waals surface area contributed by atoms with Crippen LogP contribution in [0.2, 0.25) is 0 Å². The third-order valence-corrected chi connectivity index (χ3v) is 3.55. The maximum atomic E-state index is 9.32. The monoisotopic (exact) mass is 279 g/mol. The molecule has 3 aromatic carbocycles. The molecular weight excluding hydrogens is 262 g/mol. The molecule has 0 aromatic heterocycles. The summed E-state index contributed by atoms with van der Waals surface area (Å²) in [6.07, 6.45) is 0. The zero-order valence-electron chi connectivity index (χ0n) is 11.8. The molecule has 0 fully saturated rings. The molecule has 0 aliphatic rings. The van der Waals surface area contributed by atoms with Gasteiger partial charge in [0.05, 0.1) is 7.11 Å². The Balaban J connectivity index is 1.93. The number of methoxy groups -OCH3 is 1. The molecule has 0 atom stereocenters. The molecule has 0 heterocycles. The van der Waals surface area contributed by atoms with Gasteiger partial charge in [0.2, 0.25) is 0 Å². The summed E-state index contributed by atoms with van der Waals surface area (Å²) in [6.45, 7) is 0.662. The average Bonchev–Trinajstić information content (AvgIpc) is 2.54. The van der Waals surface area contributed by atoms with Crippen LogP contribution in [0.5, 0.6) is 11.5 Å². The van der Waals surface area contributed by atoms with Crippen molar-refractivity contribution in [2.45, 2.75) is 6.54 Å². The van der Waals surface area contributed by atoms with Crippen LogP contribution in [-0.4, -0.2) is 12.2 Å². The molecular formula is C18H17NO2. The molecule has 0 amide bonds. The maximum absolute atomic E-state index is 9.32. The first-order chi connectivity index (χ1) is 10.3. The van der Waals surface area contributed by atoms with E-state index in [1.165, 1.54) is 10.8 Å². The number of phenolic OH excluding ortho intramolecular Hbond substituents is 1. The number of phenols is 1. The Morgan fingerprint density at radius 3 is 2.48 bits per heavy atom. The van der Waals surface area contributed by atoms with Crippen molar-refractivity contribution < 1.29 is 9.84 Å². The number of anilines is 1. The normalized spacial score (nSPS) is 10.5. The minimum Gasteiger partial charge on any atom is -0.508 e. The predicted molar refractivity (Wildman–Crippen MR) is 85.9 cm³/mol. The van der Waals surface area contributed by atoms with E-state index in [0.717, 1.165) is 17.0 Å². The average molecular weight is 279 g/mol.